The minimum absolute atomic E-state index is 0.590. The standard InChI is InChI=1S/C24H28Si2/c1-15-17-11-7-9-13-19(17)23-21(15)25(3,4)24-20-14-10-8-12-18(20)16(2)22(24)26(23,5)6/h7-16H,1-6H3. The fourth-order valence-corrected chi connectivity index (χ4v) is 18.4. The van der Waals surface area contributed by atoms with Crippen molar-refractivity contribution < 1.29 is 0 Å². The van der Waals surface area contributed by atoms with Crippen LogP contribution in [0.1, 0.15) is 47.9 Å². The average Bonchev–Trinajstić information content (AvgIpc) is 3.09. The normalized spacial score (nSPS) is 27.2. The average molecular weight is 373 g/mol. The Morgan fingerprint density at radius 2 is 0.923 bits per heavy atom. The lowest BCUT2D eigenvalue weighted by atomic mass is 10.0. The molecule has 2 aromatic carbocycles. The third-order valence-electron chi connectivity index (χ3n) is 7.39. The van der Waals surface area contributed by atoms with Gasteiger partial charge in [0.05, 0.1) is 0 Å². The van der Waals surface area contributed by atoms with Gasteiger partial charge in [0.15, 0.2) is 0 Å². The predicted molar refractivity (Wildman–Crippen MR) is 119 cm³/mol. The second kappa shape index (κ2) is 4.99. The van der Waals surface area contributed by atoms with Crippen LogP contribution in [0.15, 0.2) is 58.9 Å². The second-order valence-electron chi connectivity index (χ2n) is 9.45. The molecule has 2 aromatic rings. The molecule has 26 heavy (non-hydrogen) atoms. The van der Waals surface area contributed by atoms with E-state index in [2.05, 4.69) is 88.6 Å². The van der Waals surface area contributed by atoms with Crippen LogP contribution in [0.3, 0.4) is 0 Å². The molecule has 0 nitrogen and oxygen atoms in total. The maximum atomic E-state index is 2.62. The molecule has 0 bridgehead atoms. The van der Waals surface area contributed by atoms with E-state index < -0.39 is 16.1 Å². The monoisotopic (exact) mass is 372 g/mol. The zero-order valence-corrected chi connectivity index (χ0v) is 18.8. The molecule has 0 radical (unpaired) electrons. The highest BCUT2D eigenvalue weighted by molar-refractivity contribution is 7.14. The third-order valence-corrected chi connectivity index (χ3v) is 15.5. The highest BCUT2D eigenvalue weighted by Crippen LogP contribution is 2.62. The van der Waals surface area contributed by atoms with E-state index in [1.165, 1.54) is 0 Å². The van der Waals surface area contributed by atoms with Crippen LogP contribution < -0.4 is 0 Å². The van der Waals surface area contributed by atoms with Crippen molar-refractivity contribution in [3.05, 3.63) is 81.2 Å². The van der Waals surface area contributed by atoms with Crippen LogP contribution >= 0.6 is 0 Å². The Bertz CT molecular complexity index is 937. The minimum Gasteiger partial charge on any atom is -0.0687 e. The number of rotatable bonds is 0. The third kappa shape index (κ3) is 1.75. The Morgan fingerprint density at radius 1 is 0.577 bits per heavy atom. The van der Waals surface area contributed by atoms with Gasteiger partial charge in [0.1, 0.15) is 16.1 Å². The largest absolute Gasteiger partial charge is 0.108 e. The smallest absolute Gasteiger partial charge is 0.0687 e. The first-order chi connectivity index (χ1) is 12.3. The summed E-state index contributed by atoms with van der Waals surface area (Å²) in [5, 5.41) is 7.29. The van der Waals surface area contributed by atoms with E-state index >= 15 is 0 Å². The van der Waals surface area contributed by atoms with Gasteiger partial charge in [-0.3, -0.25) is 0 Å². The topological polar surface area (TPSA) is 0 Å². The molecular weight excluding hydrogens is 344 g/mol. The summed E-state index contributed by atoms with van der Waals surface area (Å²) >= 11 is 0. The molecule has 5 rings (SSSR count). The number of benzene rings is 2. The van der Waals surface area contributed by atoms with Crippen molar-refractivity contribution in [1.82, 2.24) is 0 Å². The summed E-state index contributed by atoms with van der Waals surface area (Å²) in [6.45, 7) is 15.4. The minimum atomic E-state index is -1.70. The van der Waals surface area contributed by atoms with Crippen LogP contribution in [0.2, 0.25) is 26.2 Å². The molecule has 2 atom stereocenters. The number of allylic oxidation sites excluding steroid dienone is 2. The van der Waals surface area contributed by atoms with Crippen molar-refractivity contribution in [3.8, 4) is 0 Å². The summed E-state index contributed by atoms with van der Waals surface area (Å²) in [4.78, 5) is 0. The molecule has 2 unspecified atom stereocenters. The van der Waals surface area contributed by atoms with Crippen molar-refractivity contribution in [2.24, 2.45) is 0 Å². The highest BCUT2D eigenvalue weighted by atomic mass is 28.3. The van der Waals surface area contributed by atoms with Crippen molar-refractivity contribution >= 4 is 26.5 Å². The fraction of sp³-hybridized carbons (Fsp3) is 0.333. The number of hydrogen-bond donors (Lipinski definition) is 0. The van der Waals surface area contributed by atoms with E-state index in [0.29, 0.717) is 11.8 Å². The molecule has 3 aliphatic rings. The van der Waals surface area contributed by atoms with Crippen molar-refractivity contribution in [3.63, 3.8) is 0 Å². The lowest BCUT2D eigenvalue weighted by Crippen LogP contribution is -2.45. The van der Waals surface area contributed by atoms with Gasteiger partial charge in [-0.15, -0.1) is 0 Å². The van der Waals surface area contributed by atoms with Crippen molar-refractivity contribution in [1.29, 1.82) is 0 Å². The molecule has 0 N–H and O–H groups in total. The Kier molecular flexibility index (Phi) is 3.17. The maximum absolute atomic E-state index is 2.62. The molecule has 0 aromatic heterocycles. The zero-order valence-electron chi connectivity index (χ0n) is 16.8. The summed E-state index contributed by atoms with van der Waals surface area (Å²) < 4.78 is 0. The van der Waals surface area contributed by atoms with Crippen LogP contribution in [0, 0.1) is 0 Å². The summed E-state index contributed by atoms with van der Waals surface area (Å²) in [6.07, 6.45) is 0. The first kappa shape index (κ1) is 16.5. The molecule has 1 aliphatic heterocycles. The van der Waals surface area contributed by atoms with Gasteiger partial charge in [-0.05, 0) is 34.1 Å². The Morgan fingerprint density at radius 3 is 1.31 bits per heavy atom. The van der Waals surface area contributed by atoms with Gasteiger partial charge in [0.2, 0.25) is 0 Å². The van der Waals surface area contributed by atoms with E-state index in [4.69, 9.17) is 0 Å². The van der Waals surface area contributed by atoms with Gasteiger partial charge in [-0.25, -0.2) is 0 Å². The summed E-state index contributed by atoms with van der Waals surface area (Å²) in [6, 6.07) is 18.5. The van der Waals surface area contributed by atoms with Crippen LogP contribution in [-0.4, -0.2) is 16.1 Å². The highest BCUT2D eigenvalue weighted by Gasteiger charge is 2.55. The lowest BCUT2D eigenvalue weighted by molar-refractivity contribution is 0.954. The first-order valence-electron chi connectivity index (χ1n) is 9.96. The van der Waals surface area contributed by atoms with Crippen molar-refractivity contribution in [2.45, 2.75) is 51.9 Å². The van der Waals surface area contributed by atoms with Crippen LogP contribution in [0.4, 0.5) is 0 Å². The van der Waals surface area contributed by atoms with E-state index in [-0.39, 0.29) is 0 Å². The molecule has 1 heterocycles. The van der Waals surface area contributed by atoms with E-state index in [1.54, 1.807) is 32.6 Å². The SMILES string of the molecule is CC1C2=C(c3ccccc31)[Si](C)(C)C1=C(c3ccccc3C1C)[Si]2(C)C. The summed E-state index contributed by atoms with van der Waals surface area (Å²) in [7, 11) is -3.40. The van der Waals surface area contributed by atoms with Gasteiger partial charge in [-0.1, -0.05) is 109 Å². The quantitative estimate of drug-likeness (QED) is 0.450. The van der Waals surface area contributed by atoms with Gasteiger partial charge in [-0.2, -0.15) is 0 Å². The zero-order chi connectivity index (χ0) is 18.4. The molecule has 0 saturated carbocycles. The second-order valence-corrected chi connectivity index (χ2v) is 18.0. The molecule has 132 valence electrons. The van der Waals surface area contributed by atoms with Gasteiger partial charge >= 0.3 is 0 Å². The molecular formula is C24H28Si2. The number of fused-ring (bicyclic) bond motifs is 4. The van der Waals surface area contributed by atoms with Crippen LogP contribution in [0.25, 0.3) is 10.4 Å². The Labute approximate surface area is 159 Å². The van der Waals surface area contributed by atoms with Gasteiger partial charge < -0.3 is 0 Å². The summed E-state index contributed by atoms with van der Waals surface area (Å²) in [5.74, 6) is 1.18. The number of hydrogen-bond acceptors (Lipinski definition) is 0. The van der Waals surface area contributed by atoms with Crippen molar-refractivity contribution in [2.75, 3.05) is 0 Å². The van der Waals surface area contributed by atoms with E-state index in [9.17, 15) is 0 Å². The Hall–Kier alpha value is -1.65. The summed E-state index contributed by atoms with van der Waals surface area (Å²) in [5.41, 5.74) is 6.34. The van der Waals surface area contributed by atoms with Crippen LogP contribution in [0.5, 0.6) is 0 Å². The molecule has 0 spiro atoms. The molecule has 0 saturated heterocycles. The van der Waals surface area contributed by atoms with Gasteiger partial charge in [0.25, 0.3) is 0 Å². The molecule has 0 amide bonds. The maximum Gasteiger partial charge on any atom is 0.108 e. The molecule has 2 heteroatoms. The van der Waals surface area contributed by atoms with E-state index in [1.807, 2.05) is 10.4 Å². The van der Waals surface area contributed by atoms with Crippen LogP contribution in [-0.2, 0) is 0 Å². The predicted octanol–water partition coefficient (Wildman–Crippen LogP) is 6.72. The molecule has 0 fully saturated rings. The first-order valence-corrected chi connectivity index (χ1v) is 16.0. The Balaban J connectivity index is 1.85. The lowest BCUT2D eigenvalue weighted by Gasteiger charge is -2.43. The molecule has 2 aliphatic carbocycles. The van der Waals surface area contributed by atoms with Gasteiger partial charge in [0, 0.05) is 0 Å². The fourth-order valence-electron chi connectivity index (χ4n) is 6.56. The van der Waals surface area contributed by atoms with E-state index in [0.717, 1.165) is 0 Å².